The van der Waals surface area contributed by atoms with Crippen molar-refractivity contribution in [1.29, 1.82) is 0 Å². The monoisotopic (exact) mass is 314 g/mol. The molecule has 0 N–H and O–H groups in total. The number of aryl methyl sites for hydroxylation is 4. The lowest BCUT2D eigenvalue weighted by Crippen LogP contribution is -2.04. The fraction of sp³-hybridized carbons (Fsp3) is 0.273. The van der Waals surface area contributed by atoms with E-state index in [1.165, 1.54) is 53.5 Å². The first-order chi connectivity index (χ1) is 11.7. The highest BCUT2D eigenvalue weighted by atomic mass is 14.7. The predicted molar refractivity (Wildman–Crippen MR) is 99.0 cm³/mol. The Bertz CT molecular complexity index is 876. The maximum Gasteiger partial charge on any atom is 0.0801 e. The van der Waals surface area contributed by atoms with Gasteiger partial charge in [0.2, 0.25) is 0 Å². The highest BCUT2D eigenvalue weighted by Crippen LogP contribution is 2.34. The fourth-order valence-electron chi connectivity index (χ4n) is 3.76. The van der Waals surface area contributed by atoms with Crippen LogP contribution in [0.4, 0.5) is 0 Å². The largest absolute Gasteiger partial charge is 0.256 e. The summed E-state index contributed by atoms with van der Waals surface area (Å²) in [6.07, 6.45) is 8.86. The molecule has 120 valence electrons. The zero-order chi connectivity index (χ0) is 16.5. The van der Waals surface area contributed by atoms with Gasteiger partial charge in [-0.2, -0.15) is 0 Å². The number of nitrogens with zero attached hydrogens (tertiary/aromatic N) is 2. The molecule has 0 saturated heterocycles. The number of pyridine rings is 2. The van der Waals surface area contributed by atoms with E-state index in [0.29, 0.717) is 0 Å². The van der Waals surface area contributed by atoms with Gasteiger partial charge in [0, 0.05) is 23.5 Å². The van der Waals surface area contributed by atoms with Crippen LogP contribution in [0.25, 0.3) is 22.5 Å². The number of fused-ring (bicyclic) bond motifs is 1. The van der Waals surface area contributed by atoms with Gasteiger partial charge >= 0.3 is 0 Å². The third kappa shape index (κ3) is 2.62. The van der Waals surface area contributed by atoms with Crippen molar-refractivity contribution < 1.29 is 0 Å². The van der Waals surface area contributed by atoms with Crippen LogP contribution in [-0.2, 0) is 12.8 Å². The average Bonchev–Trinajstić information content (AvgIpc) is 2.62. The molecule has 0 bridgehead atoms. The summed E-state index contributed by atoms with van der Waals surface area (Å²) in [5.41, 5.74) is 9.83. The van der Waals surface area contributed by atoms with Crippen molar-refractivity contribution in [3.05, 3.63) is 71.0 Å². The van der Waals surface area contributed by atoms with Gasteiger partial charge in [0.15, 0.2) is 0 Å². The van der Waals surface area contributed by atoms with Crippen molar-refractivity contribution in [3.63, 3.8) is 0 Å². The smallest absolute Gasteiger partial charge is 0.0801 e. The van der Waals surface area contributed by atoms with E-state index in [-0.39, 0.29) is 0 Å². The predicted octanol–water partition coefficient (Wildman–Crippen LogP) is 5.31. The molecule has 1 aliphatic rings. The Hall–Kier alpha value is -2.48. The van der Waals surface area contributed by atoms with Gasteiger partial charge in [-0.3, -0.25) is 9.97 Å². The van der Waals surface area contributed by atoms with Crippen LogP contribution in [0.15, 0.2) is 48.8 Å². The lowest BCUT2D eigenvalue weighted by atomic mass is 9.90. The fourth-order valence-corrected chi connectivity index (χ4v) is 3.76. The van der Waals surface area contributed by atoms with Gasteiger partial charge in [-0.25, -0.2) is 0 Å². The average molecular weight is 314 g/mol. The second-order valence-corrected chi connectivity index (χ2v) is 6.71. The van der Waals surface area contributed by atoms with Gasteiger partial charge in [0.1, 0.15) is 0 Å². The second kappa shape index (κ2) is 6.20. The quantitative estimate of drug-likeness (QED) is 0.641. The maximum atomic E-state index is 4.77. The summed E-state index contributed by atoms with van der Waals surface area (Å²) in [5, 5.41) is 0. The van der Waals surface area contributed by atoms with Crippen molar-refractivity contribution in [2.45, 2.75) is 39.5 Å². The minimum atomic E-state index is 1.04. The van der Waals surface area contributed by atoms with Crippen molar-refractivity contribution in [2.75, 3.05) is 0 Å². The second-order valence-electron chi connectivity index (χ2n) is 6.71. The molecule has 0 saturated carbocycles. The van der Waals surface area contributed by atoms with Crippen LogP contribution in [0.2, 0.25) is 0 Å². The third-order valence-corrected chi connectivity index (χ3v) is 5.03. The Morgan fingerprint density at radius 3 is 2.38 bits per heavy atom. The standard InChI is InChI=1S/C22H22N2/c1-15-7-5-8-16(2)21(15)22-19(11-6-12-23-22)20-13-17-9-3-4-10-18(17)14-24-20/h5-8,11-14H,3-4,9-10H2,1-2H3. The Balaban J connectivity index is 1.89. The number of hydrogen-bond acceptors (Lipinski definition) is 2. The van der Waals surface area contributed by atoms with Gasteiger partial charge in [-0.1, -0.05) is 18.2 Å². The van der Waals surface area contributed by atoms with Crippen LogP contribution >= 0.6 is 0 Å². The normalized spacial score (nSPS) is 13.6. The number of hydrogen-bond donors (Lipinski definition) is 0. The molecule has 2 heteroatoms. The summed E-state index contributed by atoms with van der Waals surface area (Å²) in [6, 6.07) is 12.8. The molecule has 3 aromatic rings. The van der Waals surface area contributed by atoms with E-state index >= 15 is 0 Å². The highest BCUT2D eigenvalue weighted by Gasteiger charge is 2.16. The summed E-state index contributed by atoms with van der Waals surface area (Å²) in [7, 11) is 0. The molecule has 0 atom stereocenters. The van der Waals surface area contributed by atoms with Crippen molar-refractivity contribution in [3.8, 4) is 22.5 Å². The molecule has 24 heavy (non-hydrogen) atoms. The molecule has 0 fully saturated rings. The van der Waals surface area contributed by atoms with Crippen LogP contribution in [0, 0.1) is 13.8 Å². The lowest BCUT2D eigenvalue weighted by molar-refractivity contribution is 0.682. The van der Waals surface area contributed by atoms with Gasteiger partial charge in [0.05, 0.1) is 11.4 Å². The first-order valence-electron chi connectivity index (χ1n) is 8.74. The molecule has 0 radical (unpaired) electrons. The van der Waals surface area contributed by atoms with E-state index in [4.69, 9.17) is 9.97 Å². The van der Waals surface area contributed by atoms with E-state index in [0.717, 1.165) is 17.0 Å². The Labute approximate surface area is 143 Å². The Morgan fingerprint density at radius 2 is 1.58 bits per heavy atom. The molecule has 0 spiro atoms. The first-order valence-corrected chi connectivity index (χ1v) is 8.74. The van der Waals surface area contributed by atoms with Gasteiger partial charge in [0.25, 0.3) is 0 Å². The van der Waals surface area contributed by atoms with E-state index < -0.39 is 0 Å². The number of benzene rings is 1. The summed E-state index contributed by atoms with van der Waals surface area (Å²) >= 11 is 0. The molecule has 0 unspecified atom stereocenters. The molecule has 2 heterocycles. The zero-order valence-electron chi connectivity index (χ0n) is 14.3. The van der Waals surface area contributed by atoms with Gasteiger partial charge in [-0.15, -0.1) is 0 Å². The van der Waals surface area contributed by atoms with E-state index in [1.54, 1.807) is 0 Å². The summed E-state index contributed by atoms with van der Waals surface area (Å²) in [6.45, 7) is 4.31. The molecule has 2 aromatic heterocycles. The summed E-state index contributed by atoms with van der Waals surface area (Å²) in [5.74, 6) is 0. The molecule has 2 nitrogen and oxygen atoms in total. The zero-order valence-corrected chi connectivity index (χ0v) is 14.3. The lowest BCUT2D eigenvalue weighted by Gasteiger charge is -2.17. The van der Waals surface area contributed by atoms with Crippen LogP contribution < -0.4 is 0 Å². The Kier molecular flexibility index (Phi) is 3.89. The number of rotatable bonds is 2. The first kappa shape index (κ1) is 15.1. The van der Waals surface area contributed by atoms with Crippen LogP contribution in [0.3, 0.4) is 0 Å². The molecular weight excluding hydrogens is 292 g/mol. The molecule has 1 aromatic carbocycles. The topological polar surface area (TPSA) is 25.8 Å². The minimum Gasteiger partial charge on any atom is -0.256 e. The molecule has 0 aliphatic heterocycles. The van der Waals surface area contributed by atoms with Crippen molar-refractivity contribution in [1.82, 2.24) is 9.97 Å². The van der Waals surface area contributed by atoms with Crippen LogP contribution in [0.5, 0.6) is 0 Å². The SMILES string of the molecule is Cc1cccc(C)c1-c1ncccc1-c1cc2c(cn1)CCCC2. The molecular formula is C22H22N2. The van der Waals surface area contributed by atoms with E-state index in [2.05, 4.69) is 50.4 Å². The van der Waals surface area contributed by atoms with Gasteiger partial charge in [-0.05, 0) is 80.0 Å². The molecule has 0 amide bonds. The van der Waals surface area contributed by atoms with Crippen molar-refractivity contribution >= 4 is 0 Å². The van der Waals surface area contributed by atoms with Crippen molar-refractivity contribution in [2.24, 2.45) is 0 Å². The summed E-state index contributed by atoms with van der Waals surface area (Å²) in [4.78, 5) is 9.49. The van der Waals surface area contributed by atoms with Crippen LogP contribution in [0.1, 0.15) is 35.1 Å². The molecule has 1 aliphatic carbocycles. The van der Waals surface area contributed by atoms with E-state index in [9.17, 15) is 0 Å². The third-order valence-electron chi connectivity index (χ3n) is 5.03. The van der Waals surface area contributed by atoms with Gasteiger partial charge < -0.3 is 0 Å². The minimum absolute atomic E-state index is 1.04. The number of aromatic nitrogens is 2. The summed E-state index contributed by atoms with van der Waals surface area (Å²) < 4.78 is 0. The highest BCUT2D eigenvalue weighted by molar-refractivity contribution is 5.82. The Morgan fingerprint density at radius 1 is 0.833 bits per heavy atom. The molecule has 4 rings (SSSR count). The maximum absolute atomic E-state index is 4.77. The van der Waals surface area contributed by atoms with E-state index in [1.807, 2.05) is 12.3 Å². The van der Waals surface area contributed by atoms with Crippen LogP contribution in [-0.4, -0.2) is 9.97 Å².